The van der Waals surface area contributed by atoms with Gasteiger partial charge >= 0.3 is 6.18 Å². The van der Waals surface area contributed by atoms with E-state index in [2.05, 4.69) is 26.0 Å². The predicted octanol–water partition coefficient (Wildman–Crippen LogP) is 5.77. The first-order chi connectivity index (χ1) is 15.1. The van der Waals surface area contributed by atoms with Crippen molar-refractivity contribution >= 4 is 69.6 Å². The Morgan fingerprint density at radius 1 is 1.09 bits per heavy atom. The molecule has 0 bridgehead atoms. The smallest absolute Gasteiger partial charge is 0.326 e. The fourth-order valence-corrected chi connectivity index (χ4v) is 7.58. The molecule has 0 radical (unpaired) electrons. The molecule has 6 nitrogen and oxygen atoms in total. The lowest BCUT2D eigenvalue weighted by Gasteiger charge is -2.24. The van der Waals surface area contributed by atoms with Crippen LogP contribution < -0.4 is 14.3 Å². The lowest BCUT2D eigenvalue weighted by atomic mass is 10.2. The van der Waals surface area contributed by atoms with Gasteiger partial charge in [0.05, 0.1) is 15.8 Å². The molecule has 2 heterocycles. The summed E-state index contributed by atoms with van der Waals surface area (Å²) in [7, 11) is -4.30. The van der Waals surface area contributed by atoms with Crippen LogP contribution in [0.25, 0.3) is 10.1 Å². The zero-order chi connectivity index (χ0) is 23.1. The number of benzene rings is 2. The molecule has 0 saturated carbocycles. The van der Waals surface area contributed by atoms with Gasteiger partial charge in [-0.15, -0.1) is 11.3 Å². The molecule has 32 heavy (non-hydrogen) atoms. The van der Waals surface area contributed by atoms with E-state index < -0.39 is 35.3 Å². The third-order valence-electron chi connectivity index (χ3n) is 4.68. The van der Waals surface area contributed by atoms with E-state index in [0.29, 0.717) is 10.0 Å². The summed E-state index contributed by atoms with van der Waals surface area (Å²) >= 11 is 5.36. The predicted molar refractivity (Wildman–Crippen MR) is 123 cm³/mol. The van der Waals surface area contributed by atoms with Crippen LogP contribution in [0.2, 0.25) is 0 Å². The van der Waals surface area contributed by atoms with Crippen molar-refractivity contribution in [1.82, 2.24) is 10.0 Å². The lowest BCUT2D eigenvalue weighted by Crippen LogP contribution is -2.34. The van der Waals surface area contributed by atoms with Crippen molar-refractivity contribution < 1.29 is 26.4 Å². The second-order valence-corrected chi connectivity index (χ2v) is 11.3. The number of carbonyl (C=O) groups excluding carboxylic acids is 1. The normalized spacial score (nSPS) is 17.0. The molecular weight excluding hydrogens is 551 g/mol. The van der Waals surface area contributed by atoms with Gasteiger partial charge in [0.25, 0.3) is 15.3 Å². The quantitative estimate of drug-likeness (QED) is 0.371. The van der Waals surface area contributed by atoms with Gasteiger partial charge in [-0.1, -0.05) is 30.3 Å². The number of carbonyl (C=O) groups is 1. The second-order valence-electron chi connectivity index (χ2n) is 6.81. The van der Waals surface area contributed by atoms with Gasteiger partial charge in [0.15, 0.2) is 0 Å². The standard InChI is InChI=1S/C19H15BrF3N3O3S3/c20-15-13-3-1-2-4-14(13)30-17(15)26(10-9-19(21,22)23)32(28,29)12-7-5-11(6-8-12)16-24-18(27)31-25-16/h1-8,16,25H,9-10H2,(H,24,27). The van der Waals surface area contributed by atoms with Gasteiger partial charge in [0.2, 0.25) is 0 Å². The van der Waals surface area contributed by atoms with Gasteiger partial charge in [0.1, 0.15) is 11.2 Å². The molecule has 1 unspecified atom stereocenters. The van der Waals surface area contributed by atoms with E-state index in [4.69, 9.17) is 0 Å². The molecule has 170 valence electrons. The number of rotatable bonds is 6. The molecule has 4 rings (SSSR count). The molecule has 13 heteroatoms. The first-order valence-corrected chi connectivity index (χ1v) is 13.0. The van der Waals surface area contributed by atoms with Crippen molar-refractivity contribution in [1.29, 1.82) is 0 Å². The number of hydrogen-bond donors (Lipinski definition) is 2. The van der Waals surface area contributed by atoms with Crippen LogP contribution in [0, 0.1) is 0 Å². The van der Waals surface area contributed by atoms with E-state index in [-0.39, 0.29) is 15.1 Å². The Morgan fingerprint density at radius 3 is 2.38 bits per heavy atom. The Kier molecular flexibility index (Phi) is 6.47. The van der Waals surface area contributed by atoms with Crippen molar-refractivity contribution in [3.8, 4) is 0 Å². The molecule has 1 amide bonds. The van der Waals surface area contributed by atoms with Crippen LogP contribution in [-0.4, -0.2) is 26.4 Å². The molecule has 1 aliphatic heterocycles. The Morgan fingerprint density at radius 2 is 1.78 bits per heavy atom. The van der Waals surface area contributed by atoms with Crippen LogP contribution in [0.5, 0.6) is 0 Å². The number of alkyl halides is 3. The molecule has 1 aliphatic rings. The third-order valence-corrected chi connectivity index (χ3v) is 9.52. The van der Waals surface area contributed by atoms with E-state index in [9.17, 15) is 26.4 Å². The van der Waals surface area contributed by atoms with E-state index in [1.807, 2.05) is 0 Å². The summed E-state index contributed by atoms with van der Waals surface area (Å²) in [6.07, 6.45) is -6.30. The Labute approximate surface area is 198 Å². The van der Waals surface area contributed by atoms with Crippen molar-refractivity contribution in [2.24, 2.45) is 0 Å². The maximum absolute atomic E-state index is 13.4. The summed E-state index contributed by atoms with van der Waals surface area (Å²) in [5, 5.41) is 3.29. The summed E-state index contributed by atoms with van der Waals surface area (Å²) < 4.78 is 70.7. The Bertz CT molecular complexity index is 1260. The van der Waals surface area contributed by atoms with E-state index in [1.54, 1.807) is 24.3 Å². The number of nitrogens with zero attached hydrogens (tertiary/aromatic N) is 1. The van der Waals surface area contributed by atoms with Gasteiger partial charge in [-0.05, 0) is 39.7 Å². The van der Waals surface area contributed by atoms with Crippen molar-refractivity contribution in [3.05, 3.63) is 58.6 Å². The number of fused-ring (bicyclic) bond motifs is 1. The molecule has 1 aromatic heterocycles. The number of hydrogen-bond acceptors (Lipinski definition) is 6. The summed E-state index contributed by atoms with van der Waals surface area (Å²) in [5.41, 5.74) is 0.618. The molecule has 1 saturated heterocycles. The zero-order valence-electron chi connectivity index (χ0n) is 16.0. The zero-order valence-corrected chi connectivity index (χ0v) is 20.1. The molecule has 2 aromatic carbocycles. The molecule has 0 aliphatic carbocycles. The van der Waals surface area contributed by atoms with Crippen molar-refractivity contribution in [2.75, 3.05) is 10.8 Å². The van der Waals surface area contributed by atoms with Crippen LogP contribution in [0.3, 0.4) is 0 Å². The first kappa shape index (κ1) is 23.4. The number of sulfonamides is 1. The molecule has 1 fully saturated rings. The maximum atomic E-state index is 13.4. The lowest BCUT2D eigenvalue weighted by molar-refractivity contribution is -0.131. The van der Waals surface area contributed by atoms with Gasteiger partial charge in [-0.25, -0.2) is 13.1 Å². The fraction of sp³-hybridized carbons (Fsp3) is 0.211. The number of thiophene rings is 1. The summed E-state index contributed by atoms with van der Waals surface area (Å²) in [6.45, 7) is -0.754. The second kappa shape index (κ2) is 8.86. The average Bonchev–Trinajstić information content (AvgIpc) is 3.31. The Balaban J connectivity index is 1.72. The van der Waals surface area contributed by atoms with Crippen LogP contribution in [0.15, 0.2) is 57.9 Å². The van der Waals surface area contributed by atoms with E-state index >= 15 is 0 Å². The molecular formula is C19H15BrF3N3O3S3. The van der Waals surface area contributed by atoms with E-state index in [1.165, 1.54) is 24.3 Å². The third kappa shape index (κ3) is 4.76. The van der Waals surface area contributed by atoms with Crippen LogP contribution in [-0.2, 0) is 10.0 Å². The number of halogens is 4. The van der Waals surface area contributed by atoms with Crippen molar-refractivity contribution in [3.63, 3.8) is 0 Å². The Hall–Kier alpha value is -1.80. The van der Waals surface area contributed by atoms with Crippen molar-refractivity contribution in [2.45, 2.75) is 23.7 Å². The minimum Gasteiger partial charge on any atom is -0.326 e. The average molecular weight is 566 g/mol. The van der Waals surface area contributed by atoms with Gasteiger partial charge in [0, 0.05) is 28.6 Å². The minimum absolute atomic E-state index is 0.148. The summed E-state index contributed by atoms with van der Waals surface area (Å²) in [5.74, 6) is 0. The number of amides is 1. The molecule has 3 aromatic rings. The van der Waals surface area contributed by atoms with Crippen LogP contribution in [0.1, 0.15) is 18.2 Å². The SMILES string of the molecule is O=C1NC(c2ccc(S(=O)(=O)N(CCC(F)(F)F)c3sc4ccccc4c3Br)cc2)NS1. The first-order valence-electron chi connectivity index (χ1n) is 9.15. The van der Waals surface area contributed by atoms with Gasteiger partial charge in [-0.2, -0.15) is 13.2 Å². The largest absolute Gasteiger partial charge is 0.390 e. The molecule has 2 N–H and O–H groups in total. The topological polar surface area (TPSA) is 78.5 Å². The minimum atomic E-state index is -4.52. The monoisotopic (exact) mass is 565 g/mol. The number of anilines is 1. The maximum Gasteiger partial charge on any atom is 0.390 e. The number of nitrogens with one attached hydrogen (secondary N) is 2. The highest BCUT2D eigenvalue weighted by Gasteiger charge is 2.34. The van der Waals surface area contributed by atoms with Crippen LogP contribution in [0.4, 0.5) is 23.0 Å². The summed E-state index contributed by atoms with van der Waals surface area (Å²) in [6, 6.07) is 12.8. The summed E-state index contributed by atoms with van der Waals surface area (Å²) in [4.78, 5) is 11.2. The molecule has 1 atom stereocenters. The molecule has 0 spiro atoms. The van der Waals surface area contributed by atoms with E-state index in [0.717, 1.165) is 37.7 Å². The highest BCUT2D eigenvalue weighted by molar-refractivity contribution is 9.10. The van der Waals surface area contributed by atoms with Crippen LogP contribution >= 0.6 is 39.2 Å². The highest BCUT2D eigenvalue weighted by Crippen LogP contribution is 2.44. The van der Waals surface area contributed by atoms with Gasteiger partial charge in [-0.3, -0.25) is 9.10 Å². The van der Waals surface area contributed by atoms with Gasteiger partial charge < -0.3 is 5.32 Å². The fourth-order valence-electron chi connectivity index (χ4n) is 3.12. The highest BCUT2D eigenvalue weighted by atomic mass is 79.9.